The molecule has 1 atom stereocenters. The van der Waals surface area contributed by atoms with Gasteiger partial charge in [-0.3, -0.25) is 0 Å². The van der Waals surface area contributed by atoms with Crippen LogP contribution in [0.25, 0.3) is 0 Å². The molecule has 0 amide bonds. The van der Waals surface area contributed by atoms with Crippen LogP contribution >= 0.6 is 58.0 Å². The van der Waals surface area contributed by atoms with Crippen molar-refractivity contribution in [2.75, 3.05) is 6.61 Å². The van der Waals surface area contributed by atoms with Gasteiger partial charge in [0.05, 0.1) is 21.0 Å². The van der Waals surface area contributed by atoms with Crippen molar-refractivity contribution in [1.29, 1.82) is 5.26 Å². The number of nitrogens with two attached hydrogens (primary N) is 1. The first-order chi connectivity index (χ1) is 20.7. The lowest BCUT2D eigenvalue weighted by Crippen LogP contribution is -2.22. The number of allylic oxidation sites excluding steroid dienone is 1. The highest BCUT2D eigenvalue weighted by atomic mass is 35.5. The fourth-order valence-electron chi connectivity index (χ4n) is 4.37. The van der Waals surface area contributed by atoms with Gasteiger partial charge in [0, 0.05) is 11.6 Å². The van der Waals surface area contributed by atoms with Crippen LogP contribution in [0.5, 0.6) is 23.0 Å². The minimum Gasteiger partial charge on any atom is -0.489 e. The topological polar surface area (TPSA) is 104 Å². The van der Waals surface area contributed by atoms with Gasteiger partial charge in [-0.15, -0.1) is 0 Å². The summed E-state index contributed by atoms with van der Waals surface area (Å²) in [6.07, 6.45) is 0. The molecule has 43 heavy (non-hydrogen) atoms. The number of nitriles is 1. The van der Waals surface area contributed by atoms with Crippen molar-refractivity contribution in [3.8, 4) is 29.1 Å². The fourth-order valence-corrected chi connectivity index (χ4v) is 5.60. The number of rotatable bonds is 8. The summed E-state index contributed by atoms with van der Waals surface area (Å²) in [5.41, 5.74) is 8.82. The highest BCUT2D eigenvalue weighted by Crippen LogP contribution is 2.48. The van der Waals surface area contributed by atoms with E-state index in [4.69, 9.17) is 82.7 Å². The van der Waals surface area contributed by atoms with E-state index < -0.39 is 18.5 Å². The van der Waals surface area contributed by atoms with Crippen molar-refractivity contribution in [3.05, 3.63) is 126 Å². The van der Waals surface area contributed by atoms with Gasteiger partial charge in [0.2, 0.25) is 5.88 Å². The van der Waals surface area contributed by atoms with Crippen molar-refractivity contribution in [2.24, 2.45) is 5.73 Å². The molecule has 0 saturated heterocycles. The van der Waals surface area contributed by atoms with E-state index in [1.807, 2.05) is 54.6 Å². The van der Waals surface area contributed by atoms with E-state index >= 15 is 0 Å². The number of nitrogens with zero attached hydrogens (tertiary/aromatic N) is 1. The number of benzene rings is 4. The average molecular weight is 677 g/mol. The second-order valence-corrected chi connectivity index (χ2v) is 11.0. The summed E-state index contributed by atoms with van der Waals surface area (Å²) in [7, 11) is 0. The Morgan fingerprint density at radius 3 is 2.23 bits per heavy atom. The molecule has 4 aromatic rings. The second-order valence-electron chi connectivity index (χ2n) is 9.13. The Morgan fingerprint density at radius 1 is 0.837 bits per heavy atom. The molecule has 0 radical (unpaired) electrons. The molecule has 7 nitrogen and oxygen atoms in total. The van der Waals surface area contributed by atoms with E-state index in [1.165, 1.54) is 6.07 Å². The first kappa shape index (κ1) is 30.7. The molecule has 1 aliphatic rings. The van der Waals surface area contributed by atoms with Crippen LogP contribution in [-0.2, 0) is 11.4 Å². The quantitative estimate of drug-likeness (QED) is 0.0862. The van der Waals surface area contributed by atoms with Crippen LogP contribution in [0.2, 0.25) is 25.1 Å². The van der Waals surface area contributed by atoms with Crippen LogP contribution < -0.4 is 24.7 Å². The lowest BCUT2D eigenvalue weighted by atomic mass is 9.83. The van der Waals surface area contributed by atoms with Gasteiger partial charge in [-0.25, -0.2) is 4.79 Å². The maximum atomic E-state index is 12.6. The summed E-state index contributed by atoms with van der Waals surface area (Å²) >= 11 is 30.4. The molecule has 1 unspecified atom stereocenters. The molecule has 1 heterocycles. The third kappa shape index (κ3) is 6.59. The highest BCUT2D eigenvalue weighted by molar-refractivity contribution is 6.55. The van der Waals surface area contributed by atoms with Gasteiger partial charge in [-0.1, -0.05) is 107 Å². The Kier molecular flexibility index (Phi) is 9.46. The number of hydrogen-bond acceptors (Lipinski definition) is 7. The first-order valence-corrected chi connectivity index (χ1v) is 14.4. The normalized spacial score (nSPS) is 13.9. The summed E-state index contributed by atoms with van der Waals surface area (Å²) < 4.78 is 22.6. The van der Waals surface area contributed by atoms with Gasteiger partial charge < -0.3 is 24.7 Å². The highest BCUT2D eigenvalue weighted by Gasteiger charge is 2.31. The Bertz CT molecular complexity index is 1760. The molecule has 0 fully saturated rings. The summed E-state index contributed by atoms with van der Waals surface area (Å²) in [5, 5.41) is 9.54. The summed E-state index contributed by atoms with van der Waals surface area (Å²) in [5.74, 6) is -0.443. The predicted molar refractivity (Wildman–Crippen MR) is 166 cm³/mol. The van der Waals surface area contributed by atoms with Gasteiger partial charge in [0.15, 0.2) is 12.4 Å². The number of hydrogen-bond donors (Lipinski definition) is 1. The number of carbonyl (C=O) groups excluding carboxylic acids is 1. The molecule has 12 heteroatoms. The number of fused-ring (bicyclic) bond motifs is 1. The molecule has 0 spiro atoms. The third-order valence-electron chi connectivity index (χ3n) is 6.37. The van der Waals surface area contributed by atoms with E-state index in [0.29, 0.717) is 23.7 Å². The van der Waals surface area contributed by atoms with Crippen molar-refractivity contribution in [2.45, 2.75) is 12.5 Å². The van der Waals surface area contributed by atoms with Gasteiger partial charge in [-0.05, 0) is 29.3 Å². The maximum Gasteiger partial charge on any atom is 0.349 e. The zero-order valence-electron chi connectivity index (χ0n) is 21.9. The third-order valence-corrected chi connectivity index (χ3v) is 8.61. The van der Waals surface area contributed by atoms with Gasteiger partial charge in [0.25, 0.3) is 0 Å². The molecule has 218 valence electrons. The molecular weight excluding hydrogens is 658 g/mol. The Hall–Kier alpha value is -3.77. The van der Waals surface area contributed by atoms with Gasteiger partial charge in [0.1, 0.15) is 45.5 Å². The van der Waals surface area contributed by atoms with Crippen molar-refractivity contribution < 1.29 is 23.7 Å². The largest absolute Gasteiger partial charge is 0.489 e. The molecule has 0 saturated carbocycles. The first-order valence-electron chi connectivity index (χ1n) is 12.5. The van der Waals surface area contributed by atoms with Crippen LogP contribution in [0, 0.1) is 11.3 Å². The number of carbonyl (C=O) groups is 1. The standard InChI is InChI=1S/C31H19Cl5N2O5/c32-25-26(33)28(35)30(29(36)27(25)34)41-15-23(39)42-19-9-10-20-22(12-19)43-31(38)21(13-37)24(20)17-7-4-8-18(11-17)40-14-16-5-2-1-3-6-16/h1-12,24H,14-15,38H2. The predicted octanol–water partition coefficient (Wildman–Crippen LogP) is 8.74. The Labute approximate surface area is 271 Å². The zero-order chi connectivity index (χ0) is 30.7. The van der Waals surface area contributed by atoms with Gasteiger partial charge >= 0.3 is 5.97 Å². The monoisotopic (exact) mass is 674 g/mol. The number of esters is 1. The van der Waals surface area contributed by atoms with Crippen molar-refractivity contribution >= 4 is 64.0 Å². The molecule has 4 aromatic carbocycles. The molecule has 0 aromatic heterocycles. The summed E-state index contributed by atoms with van der Waals surface area (Å²) in [4.78, 5) is 12.6. The lowest BCUT2D eigenvalue weighted by molar-refractivity contribution is -0.136. The smallest absolute Gasteiger partial charge is 0.349 e. The van der Waals surface area contributed by atoms with E-state index in [-0.39, 0.29) is 48.1 Å². The summed E-state index contributed by atoms with van der Waals surface area (Å²) in [6.45, 7) is -0.197. The molecule has 1 aliphatic heterocycles. The van der Waals surface area contributed by atoms with Crippen molar-refractivity contribution in [3.63, 3.8) is 0 Å². The minimum atomic E-state index is -0.786. The van der Waals surface area contributed by atoms with Crippen LogP contribution in [0.3, 0.4) is 0 Å². The Morgan fingerprint density at radius 2 is 1.53 bits per heavy atom. The van der Waals surface area contributed by atoms with E-state index in [1.54, 1.807) is 12.1 Å². The zero-order valence-corrected chi connectivity index (χ0v) is 25.7. The number of halogens is 5. The van der Waals surface area contributed by atoms with Crippen LogP contribution in [0.1, 0.15) is 22.6 Å². The molecule has 0 aliphatic carbocycles. The minimum absolute atomic E-state index is 0.0417. The average Bonchev–Trinajstić information content (AvgIpc) is 3.01. The SMILES string of the molecule is N#CC1=C(N)Oc2cc(OC(=O)COc3c(Cl)c(Cl)c(Cl)c(Cl)c3Cl)ccc2C1c1cccc(OCc2ccccc2)c1. The van der Waals surface area contributed by atoms with E-state index in [0.717, 1.165) is 11.1 Å². The van der Waals surface area contributed by atoms with Crippen LogP contribution in [-0.4, -0.2) is 12.6 Å². The van der Waals surface area contributed by atoms with E-state index in [2.05, 4.69) is 6.07 Å². The second kappa shape index (κ2) is 13.3. The Balaban J connectivity index is 1.34. The van der Waals surface area contributed by atoms with Crippen LogP contribution in [0.4, 0.5) is 0 Å². The molecule has 5 rings (SSSR count). The molecule has 0 bridgehead atoms. The molecular formula is C31H19Cl5N2O5. The maximum absolute atomic E-state index is 12.6. The lowest BCUT2D eigenvalue weighted by Gasteiger charge is -2.27. The summed E-state index contributed by atoms with van der Waals surface area (Å²) in [6, 6.07) is 24.1. The number of ether oxygens (including phenoxy) is 4. The fraction of sp³-hybridized carbons (Fsp3) is 0.0968. The van der Waals surface area contributed by atoms with Gasteiger partial charge in [-0.2, -0.15) is 5.26 Å². The van der Waals surface area contributed by atoms with E-state index in [9.17, 15) is 10.1 Å². The van der Waals surface area contributed by atoms with Crippen molar-refractivity contribution in [1.82, 2.24) is 0 Å². The molecule has 2 N–H and O–H groups in total. The van der Waals surface area contributed by atoms with Crippen LogP contribution in [0.15, 0.2) is 84.3 Å².